The van der Waals surface area contributed by atoms with Crippen molar-refractivity contribution in [2.45, 2.75) is 45.9 Å². The van der Waals surface area contributed by atoms with Gasteiger partial charge in [0, 0.05) is 30.1 Å². The van der Waals surface area contributed by atoms with Crippen molar-refractivity contribution in [3.63, 3.8) is 0 Å². The summed E-state index contributed by atoms with van der Waals surface area (Å²) in [6, 6.07) is 5.45. The standard InChI is InChI=1S/C22H25F2NO6/c1-13-9-17(14(2)25(13)11-16-5-4-8-29-16)18(26)12-30-21(27)15-6-7-19(31-22(23)24)20(10-15)28-3/h6-7,9-10,16,22H,4-5,8,11-12H2,1-3H3. The summed E-state index contributed by atoms with van der Waals surface area (Å²) in [5.74, 6) is -1.35. The van der Waals surface area contributed by atoms with Gasteiger partial charge < -0.3 is 23.5 Å². The number of ether oxygens (including phenoxy) is 4. The van der Waals surface area contributed by atoms with Crippen molar-refractivity contribution in [3.05, 3.63) is 46.8 Å². The number of ketones is 1. The minimum atomic E-state index is -3.02. The second kappa shape index (κ2) is 9.91. The Morgan fingerprint density at radius 1 is 1.23 bits per heavy atom. The van der Waals surface area contributed by atoms with E-state index in [0.717, 1.165) is 30.8 Å². The van der Waals surface area contributed by atoms with E-state index in [1.165, 1.54) is 25.3 Å². The van der Waals surface area contributed by atoms with Gasteiger partial charge in [0.15, 0.2) is 18.1 Å². The van der Waals surface area contributed by atoms with Crippen LogP contribution in [0.1, 0.15) is 44.9 Å². The van der Waals surface area contributed by atoms with Gasteiger partial charge in [0.05, 0.1) is 18.8 Å². The van der Waals surface area contributed by atoms with Gasteiger partial charge in [0.25, 0.3) is 0 Å². The van der Waals surface area contributed by atoms with Crippen molar-refractivity contribution in [3.8, 4) is 11.5 Å². The van der Waals surface area contributed by atoms with Gasteiger partial charge in [-0.3, -0.25) is 4.79 Å². The quantitative estimate of drug-likeness (QED) is 0.437. The highest BCUT2D eigenvalue weighted by Crippen LogP contribution is 2.29. The number of esters is 1. The van der Waals surface area contributed by atoms with E-state index in [2.05, 4.69) is 4.74 Å². The topological polar surface area (TPSA) is 76.0 Å². The Morgan fingerprint density at radius 3 is 2.65 bits per heavy atom. The lowest BCUT2D eigenvalue weighted by molar-refractivity contribution is -0.0512. The Labute approximate surface area is 178 Å². The van der Waals surface area contributed by atoms with Crippen molar-refractivity contribution in [2.24, 2.45) is 0 Å². The summed E-state index contributed by atoms with van der Waals surface area (Å²) in [6.07, 6.45) is 2.16. The number of hydrogen-bond donors (Lipinski definition) is 0. The maximum atomic E-state index is 12.7. The molecule has 7 nitrogen and oxygen atoms in total. The molecule has 1 aliphatic rings. The van der Waals surface area contributed by atoms with Crippen molar-refractivity contribution in [2.75, 3.05) is 20.3 Å². The first-order valence-electron chi connectivity index (χ1n) is 9.91. The molecular formula is C22H25F2NO6. The fourth-order valence-corrected chi connectivity index (χ4v) is 3.64. The first kappa shape index (κ1) is 22.7. The van der Waals surface area contributed by atoms with Crippen LogP contribution in [0.4, 0.5) is 8.78 Å². The van der Waals surface area contributed by atoms with E-state index in [9.17, 15) is 18.4 Å². The van der Waals surface area contributed by atoms with E-state index < -0.39 is 19.2 Å². The Balaban J connectivity index is 1.64. The maximum absolute atomic E-state index is 12.7. The smallest absolute Gasteiger partial charge is 0.387 e. The van der Waals surface area contributed by atoms with Crippen molar-refractivity contribution in [1.82, 2.24) is 4.57 Å². The third-order valence-corrected chi connectivity index (χ3v) is 5.23. The highest BCUT2D eigenvalue weighted by atomic mass is 19.3. The number of alkyl halides is 2. The molecule has 3 rings (SSSR count). The van der Waals surface area contributed by atoms with Crippen molar-refractivity contribution < 1.29 is 37.3 Å². The minimum Gasteiger partial charge on any atom is -0.493 e. The molecule has 0 amide bonds. The summed E-state index contributed by atoms with van der Waals surface area (Å²) in [5, 5.41) is 0. The van der Waals surface area contributed by atoms with Crippen LogP contribution in [0.15, 0.2) is 24.3 Å². The van der Waals surface area contributed by atoms with Crippen LogP contribution in [-0.4, -0.2) is 49.4 Å². The molecule has 31 heavy (non-hydrogen) atoms. The van der Waals surface area contributed by atoms with E-state index >= 15 is 0 Å². The fraction of sp³-hybridized carbons (Fsp3) is 0.455. The summed E-state index contributed by atoms with van der Waals surface area (Å²) >= 11 is 0. The summed E-state index contributed by atoms with van der Waals surface area (Å²) in [6.45, 7) is 1.73. The molecule has 2 heterocycles. The summed E-state index contributed by atoms with van der Waals surface area (Å²) < 4.78 is 47.0. The number of hydrogen-bond acceptors (Lipinski definition) is 6. The van der Waals surface area contributed by atoms with E-state index in [1.54, 1.807) is 6.07 Å². The van der Waals surface area contributed by atoms with Gasteiger partial charge in [-0.2, -0.15) is 8.78 Å². The number of nitrogens with zero attached hydrogens (tertiary/aromatic N) is 1. The number of carbonyl (C=O) groups is 2. The Bertz CT molecular complexity index is 950. The molecule has 1 saturated heterocycles. The average molecular weight is 437 g/mol. The Kier molecular flexibility index (Phi) is 7.27. The molecule has 1 aliphatic heterocycles. The SMILES string of the molecule is COc1cc(C(=O)OCC(=O)c2cc(C)n(CC3CCCO3)c2C)ccc1OC(F)F. The second-order valence-electron chi connectivity index (χ2n) is 7.27. The molecule has 0 bridgehead atoms. The van der Waals surface area contributed by atoms with E-state index in [4.69, 9.17) is 14.2 Å². The lowest BCUT2D eigenvalue weighted by Crippen LogP contribution is -2.18. The van der Waals surface area contributed by atoms with Crippen LogP contribution in [0.3, 0.4) is 0 Å². The van der Waals surface area contributed by atoms with Gasteiger partial charge in [-0.1, -0.05) is 0 Å². The highest BCUT2D eigenvalue weighted by molar-refractivity contribution is 6.00. The molecule has 0 spiro atoms. The zero-order chi connectivity index (χ0) is 22.5. The van der Waals surface area contributed by atoms with Crippen LogP contribution in [0.2, 0.25) is 0 Å². The number of Topliss-reactive ketones (excluding diaryl/α,β-unsaturated/α-hetero) is 1. The molecule has 1 atom stereocenters. The number of aromatic nitrogens is 1. The Hall–Kier alpha value is -2.94. The van der Waals surface area contributed by atoms with Gasteiger partial charge in [0.1, 0.15) is 0 Å². The number of carbonyl (C=O) groups excluding carboxylic acids is 2. The molecule has 168 valence electrons. The number of aryl methyl sites for hydroxylation is 1. The molecule has 1 unspecified atom stereocenters. The molecule has 0 saturated carbocycles. The third kappa shape index (κ3) is 5.41. The molecule has 1 fully saturated rings. The summed E-state index contributed by atoms with van der Waals surface area (Å²) in [5.41, 5.74) is 2.27. The lowest BCUT2D eigenvalue weighted by atomic mass is 10.1. The molecule has 9 heteroatoms. The molecule has 0 radical (unpaired) electrons. The van der Waals surface area contributed by atoms with Gasteiger partial charge in [-0.25, -0.2) is 4.79 Å². The molecule has 1 aromatic carbocycles. The zero-order valence-corrected chi connectivity index (χ0v) is 17.7. The number of benzene rings is 1. The molecule has 0 aliphatic carbocycles. The van der Waals surface area contributed by atoms with Gasteiger partial charge in [0.2, 0.25) is 5.78 Å². The maximum Gasteiger partial charge on any atom is 0.387 e. The molecule has 2 aromatic rings. The number of halogens is 2. The van der Waals surface area contributed by atoms with Crippen LogP contribution < -0.4 is 9.47 Å². The van der Waals surface area contributed by atoms with Gasteiger partial charge in [-0.05, 0) is 51.0 Å². The molecule has 0 N–H and O–H groups in total. The molecule has 1 aromatic heterocycles. The molecular weight excluding hydrogens is 412 g/mol. The van der Waals surface area contributed by atoms with E-state index in [-0.39, 0.29) is 28.9 Å². The summed E-state index contributed by atoms with van der Waals surface area (Å²) in [7, 11) is 1.26. The third-order valence-electron chi connectivity index (χ3n) is 5.23. The largest absolute Gasteiger partial charge is 0.493 e. The van der Waals surface area contributed by atoms with Crippen molar-refractivity contribution >= 4 is 11.8 Å². The normalized spacial score (nSPS) is 15.9. The lowest BCUT2D eigenvalue weighted by Gasteiger charge is -2.14. The first-order chi connectivity index (χ1) is 14.8. The Morgan fingerprint density at radius 2 is 2.00 bits per heavy atom. The van der Waals surface area contributed by atoms with Crippen molar-refractivity contribution in [1.29, 1.82) is 0 Å². The van der Waals surface area contributed by atoms with Crippen LogP contribution in [0.5, 0.6) is 11.5 Å². The number of rotatable bonds is 9. The summed E-state index contributed by atoms with van der Waals surface area (Å²) in [4.78, 5) is 25.0. The van der Waals surface area contributed by atoms with Crippen LogP contribution in [0.25, 0.3) is 0 Å². The van der Waals surface area contributed by atoms with E-state index in [0.29, 0.717) is 12.1 Å². The fourth-order valence-electron chi connectivity index (χ4n) is 3.64. The highest BCUT2D eigenvalue weighted by Gasteiger charge is 2.22. The number of methoxy groups -OCH3 is 1. The average Bonchev–Trinajstić information content (AvgIpc) is 3.35. The zero-order valence-electron chi connectivity index (χ0n) is 17.7. The minimum absolute atomic E-state index is 0.0428. The van der Waals surface area contributed by atoms with Gasteiger partial charge in [-0.15, -0.1) is 0 Å². The van der Waals surface area contributed by atoms with E-state index in [1.807, 2.05) is 18.4 Å². The van der Waals surface area contributed by atoms with Crippen LogP contribution >= 0.6 is 0 Å². The monoisotopic (exact) mass is 437 g/mol. The predicted molar refractivity (Wildman–Crippen MR) is 107 cm³/mol. The van der Waals surface area contributed by atoms with Gasteiger partial charge >= 0.3 is 12.6 Å². The van der Waals surface area contributed by atoms with Crippen LogP contribution in [-0.2, 0) is 16.0 Å². The first-order valence-corrected chi connectivity index (χ1v) is 9.91. The second-order valence-corrected chi connectivity index (χ2v) is 7.27. The van der Waals surface area contributed by atoms with Crippen LogP contribution in [0, 0.1) is 13.8 Å². The predicted octanol–water partition coefficient (Wildman–Crippen LogP) is 3.93.